The molecule has 0 aliphatic heterocycles. The second kappa shape index (κ2) is 3.68. The number of hydrogen-bond donors (Lipinski definition) is 0. The van der Waals surface area contributed by atoms with Crippen molar-refractivity contribution in [3.8, 4) is 17.6 Å². The molecule has 0 saturated heterocycles. The fourth-order valence-electron chi connectivity index (χ4n) is 0.803. The number of hydrogen-bond acceptors (Lipinski definition) is 1. The predicted octanol–water partition coefficient (Wildman–Crippen LogP) is 1.88. The van der Waals surface area contributed by atoms with Gasteiger partial charge < -0.3 is 4.74 Å². The topological polar surface area (TPSA) is 9.23 Å². The van der Waals surface area contributed by atoms with Crippen molar-refractivity contribution in [3.63, 3.8) is 0 Å². The van der Waals surface area contributed by atoms with Crippen molar-refractivity contribution in [1.82, 2.24) is 0 Å². The summed E-state index contributed by atoms with van der Waals surface area (Å²) in [5.74, 6) is 6.25. The van der Waals surface area contributed by atoms with Crippen LogP contribution in [0.3, 0.4) is 0 Å². The molecule has 0 amide bonds. The summed E-state index contributed by atoms with van der Waals surface area (Å²) in [4.78, 5) is 0. The summed E-state index contributed by atoms with van der Waals surface area (Å²) < 4.78 is 5.01. The molecule has 0 heterocycles. The van der Waals surface area contributed by atoms with Gasteiger partial charge in [0.1, 0.15) is 5.75 Å². The average molecular weight is 145 g/mol. The molecule has 55 valence electrons. The van der Waals surface area contributed by atoms with Crippen LogP contribution in [0, 0.1) is 18.8 Å². The molecule has 0 saturated carbocycles. The molecule has 1 radical (unpaired) electrons. The lowest BCUT2D eigenvalue weighted by Crippen LogP contribution is -1.82. The Morgan fingerprint density at radius 3 is 2.91 bits per heavy atom. The Bertz CT molecular complexity index is 291. The van der Waals surface area contributed by atoms with E-state index in [0.717, 1.165) is 11.3 Å². The highest BCUT2D eigenvalue weighted by Crippen LogP contribution is 2.10. The fourth-order valence-corrected chi connectivity index (χ4v) is 0.803. The van der Waals surface area contributed by atoms with E-state index in [1.807, 2.05) is 24.3 Å². The minimum absolute atomic E-state index is 0.824. The van der Waals surface area contributed by atoms with E-state index < -0.39 is 0 Å². The third-order valence-electron chi connectivity index (χ3n) is 1.30. The lowest BCUT2D eigenvalue weighted by Gasteiger charge is -1.97. The molecule has 0 fully saturated rings. The zero-order valence-corrected chi connectivity index (χ0v) is 6.42. The van der Waals surface area contributed by atoms with Crippen LogP contribution in [0.2, 0.25) is 0 Å². The fraction of sp³-hybridized carbons (Fsp3) is 0.100. The van der Waals surface area contributed by atoms with Gasteiger partial charge in [-0.2, -0.15) is 0 Å². The molecule has 0 aromatic heterocycles. The van der Waals surface area contributed by atoms with Crippen LogP contribution in [0.1, 0.15) is 5.56 Å². The van der Waals surface area contributed by atoms with Crippen molar-refractivity contribution in [2.45, 2.75) is 0 Å². The largest absolute Gasteiger partial charge is 0.497 e. The standard InChI is InChI=1S/C10H9O/c1-3-5-9-6-4-7-10(8-9)11-2/h4,6-8H,1H2,2H3. The highest BCUT2D eigenvalue weighted by molar-refractivity contribution is 5.39. The highest BCUT2D eigenvalue weighted by Gasteiger charge is 1.89. The van der Waals surface area contributed by atoms with Crippen LogP contribution in [-0.2, 0) is 0 Å². The van der Waals surface area contributed by atoms with Gasteiger partial charge in [0.2, 0.25) is 0 Å². The molecule has 0 aliphatic rings. The third-order valence-corrected chi connectivity index (χ3v) is 1.30. The van der Waals surface area contributed by atoms with Crippen molar-refractivity contribution >= 4 is 0 Å². The number of rotatable bonds is 1. The van der Waals surface area contributed by atoms with Gasteiger partial charge in [-0.1, -0.05) is 17.9 Å². The Kier molecular flexibility index (Phi) is 2.57. The normalized spacial score (nSPS) is 8.18. The SMILES string of the molecule is [CH2]C#Cc1cccc(OC)c1. The maximum Gasteiger partial charge on any atom is 0.120 e. The zero-order chi connectivity index (χ0) is 8.10. The van der Waals surface area contributed by atoms with E-state index in [9.17, 15) is 0 Å². The minimum Gasteiger partial charge on any atom is -0.497 e. The van der Waals surface area contributed by atoms with Gasteiger partial charge in [-0.25, -0.2) is 0 Å². The molecule has 1 heteroatoms. The quantitative estimate of drug-likeness (QED) is 0.548. The summed E-state index contributed by atoms with van der Waals surface area (Å²) in [5.41, 5.74) is 0.930. The molecule has 1 rings (SSSR count). The van der Waals surface area contributed by atoms with Crippen LogP contribution in [-0.4, -0.2) is 7.11 Å². The second-order valence-electron chi connectivity index (χ2n) is 2.03. The summed E-state index contributed by atoms with van der Waals surface area (Å²) in [7, 11) is 1.64. The minimum atomic E-state index is 0.824. The van der Waals surface area contributed by atoms with Crippen LogP contribution < -0.4 is 4.74 Å². The average Bonchev–Trinajstić information content (AvgIpc) is 2.06. The van der Waals surface area contributed by atoms with Crippen LogP contribution in [0.5, 0.6) is 5.75 Å². The molecule has 0 N–H and O–H groups in total. The molecular formula is C10H9O. The Labute approximate surface area is 67.0 Å². The second-order valence-corrected chi connectivity index (χ2v) is 2.03. The van der Waals surface area contributed by atoms with Crippen molar-refractivity contribution in [1.29, 1.82) is 0 Å². The molecule has 1 aromatic carbocycles. The van der Waals surface area contributed by atoms with Crippen molar-refractivity contribution in [3.05, 3.63) is 36.8 Å². The van der Waals surface area contributed by atoms with E-state index in [2.05, 4.69) is 18.8 Å². The van der Waals surface area contributed by atoms with E-state index in [4.69, 9.17) is 4.74 Å². The molecule has 1 nitrogen and oxygen atoms in total. The first kappa shape index (κ1) is 7.68. The van der Waals surface area contributed by atoms with Gasteiger partial charge in [0.05, 0.1) is 7.11 Å². The first-order valence-corrected chi connectivity index (χ1v) is 3.29. The number of ether oxygens (including phenoxy) is 1. The van der Waals surface area contributed by atoms with Crippen LogP contribution in [0.4, 0.5) is 0 Å². The summed E-state index contributed by atoms with van der Waals surface area (Å²) in [5, 5.41) is 0. The predicted molar refractivity (Wildman–Crippen MR) is 45.2 cm³/mol. The Morgan fingerprint density at radius 2 is 2.27 bits per heavy atom. The molecule has 0 unspecified atom stereocenters. The monoisotopic (exact) mass is 145 g/mol. The zero-order valence-electron chi connectivity index (χ0n) is 6.42. The first-order chi connectivity index (χ1) is 5.36. The smallest absolute Gasteiger partial charge is 0.120 e. The maximum absolute atomic E-state index is 5.01. The third kappa shape index (κ3) is 2.01. The van der Waals surface area contributed by atoms with Gasteiger partial charge in [-0.3, -0.25) is 0 Å². The summed E-state index contributed by atoms with van der Waals surface area (Å²) >= 11 is 0. The summed E-state index contributed by atoms with van der Waals surface area (Å²) in [6.45, 7) is 3.43. The van der Waals surface area contributed by atoms with E-state index in [-0.39, 0.29) is 0 Å². The Hall–Kier alpha value is -1.42. The van der Waals surface area contributed by atoms with Crippen LogP contribution >= 0.6 is 0 Å². The Morgan fingerprint density at radius 1 is 1.45 bits per heavy atom. The Balaban J connectivity index is 2.97. The molecule has 0 atom stereocenters. The molecule has 1 aromatic rings. The first-order valence-electron chi connectivity index (χ1n) is 3.29. The van der Waals surface area contributed by atoms with E-state index in [1.165, 1.54) is 0 Å². The molecular weight excluding hydrogens is 136 g/mol. The van der Waals surface area contributed by atoms with Gasteiger partial charge >= 0.3 is 0 Å². The van der Waals surface area contributed by atoms with E-state index in [1.54, 1.807) is 7.11 Å². The number of methoxy groups -OCH3 is 1. The van der Waals surface area contributed by atoms with Gasteiger partial charge in [0.15, 0.2) is 0 Å². The van der Waals surface area contributed by atoms with Crippen molar-refractivity contribution < 1.29 is 4.74 Å². The number of benzene rings is 1. The van der Waals surface area contributed by atoms with Gasteiger partial charge in [-0.15, -0.1) is 0 Å². The lowest BCUT2D eigenvalue weighted by molar-refractivity contribution is 0.414. The highest BCUT2D eigenvalue weighted by atomic mass is 16.5. The van der Waals surface area contributed by atoms with Gasteiger partial charge in [0.25, 0.3) is 0 Å². The van der Waals surface area contributed by atoms with Crippen LogP contribution in [0.15, 0.2) is 24.3 Å². The van der Waals surface area contributed by atoms with E-state index in [0.29, 0.717) is 0 Å². The molecule has 0 spiro atoms. The van der Waals surface area contributed by atoms with Gasteiger partial charge in [0, 0.05) is 12.5 Å². The van der Waals surface area contributed by atoms with E-state index >= 15 is 0 Å². The van der Waals surface area contributed by atoms with Gasteiger partial charge in [-0.05, 0) is 18.2 Å². The summed E-state index contributed by atoms with van der Waals surface area (Å²) in [6, 6.07) is 7.58. The van der Waals surface area contributed by atoms with Crippen molar-refractivity contribution in [2.75, 3.05) is 7.11 Å². The van der Waals surface area contributed by atoms with Crippen molar-refractivity contribution in [2.24, 2.45) is 0 Å². The molecule has 11 heavy (non-hydrogen) atoms. The lowest BCUT2D eigenvalue weighted by atomic mass is 10.2. The molecule has 0 aliphatic carbocycles. The summed E-state index contributed by atoms with van der Waals surface area (Å²) in [6.07, 6.45) is 0. The van der Waals surface area contributed by atoms with Crippen LogP contribution in [0.25, 0.3) is 0 Å². The molecule has 0 bridgehead atoms. The maximum atomic E-state index is 5.01.